The highest BCUT2D eigenvalue weighted by Gasteiger charge is 2.25. The Kier molecular flexibility index (Phi) is 5.50. The Morgan fingerprint density at radius 3 is 3.03 bits per heavy atom. The summed E-state index contributed by atoms with van der Waals surface area (Å²) >= 11 is 0. The van der Waals surface area contributed by atoms with Crippen molar-refractivity contribution in [1.82, 2.24) is 30.7 Å². The first-order valence-electron chi connectivity index (χ1n) is 9.34. The van der Waals surface area contributed by atoms with E-state index in [0.29, 0.717) is 22.9 Å². The number of nitrogens with zero attached hydrogens (tertiary/aromatic N) is 6. The average molecular weight is 408 g/mol. The molecule has 0 radical (unpaired) electrons. The number of benzene rings is 1. The van der Waals surface area contributed by atoms with Crippen molar-refractivity contribution in [2.75, 3.05) is 12.8 Å². The molecule has 0 aliphatic heterocycles. The van der Waals surface area contributed by atoms with Crippen LogP contribution in [0, 0.1) is 5.92 Å². The molecule has 1 aliphatic rings. The molecule has 0 spiro atoms. The number of nitrogen functional groups attached to an aromatic ring is 1. The number of hydrogen-bond donors (Lipinski definition) is 2. The molecular formula is C19H20N8O3. The Morgan fingerprint density at radius 1 is 1.40 bits per heavy atom. The molecule has 0 saturated heterocycles. The number of allylic oxidation sites excluding steroid dienone is 2. The Hall–Kier alpha value is -4.02. The smallest absolute Gasteiger partial charge is 0.294 e. The van der Waals surface area contributed by atoms with Crippen LogP contribution in [0.2, 0.25) is 0 Å². The number of amides is 1. The van der Waals surface area contributed by atoms with Gasteiger partial charge in [0.05, 0.1) is 7.11 Å². The van der Waals surface area contributed by atoms with Crippen LogP contribution in [-0.4, -0.2) is 44.5 Å². The van der Waals surface area contributed by atoms with Gasteiger partial charge < -0.3 is 10.5 Å². The minimum atomic E-state index is -0.517. The summed E-state index contributed by atoms with van der Waals surface area (Å²) in [6.07, 6.45) is 8.92. The van der Waals surface area contributed by atoms with E-state index in [4.69, 9.17) is 10.5 Å². The van der Waals surface area contributed by atoms with Gasteiger partial charge in [0.2, 0.25) is 11.6 Å². The van der Waals surface area contributed by atoms with Crippen LogP contribution in [0.4, 0.5) is 5.82 Å². The van der Waals surface area contributed by atoms with E-state index in [9.17, 15) is 4.79 Å². The van der Waals surface area contributed by atoms with Crippen molar-refractivity contribution in [3.8, 4) is 22.8 Å². The molecule has 1 atom stereocenters. The van der Waals surface area contributed by atoms with Crippen molar-refractivity contribution >= 4 is 17.9 Å². The predicted octanol–water partition coefficient (Wildman–Crippen LogP) is 1.98. The van der Waals surface area contributed by atoms with Crippen molar-refractivity contribution in [2.45, 2.75) is 19.3 Å². The summed E-state index contributed by atoms with van der Waals surface area (Å²) in [5.74, 6) is 0.513. The van der Waals surface area contributed by atoms with Crippen LogP contribution in [0.25, 0.3) is 17.1 Å². The highest BCUT2D eigenvalue weighted by molar-refractivity contribution is 5.98. The summed E-state index contributed by atoms with van der Waals surface area (Å²) in [4.78, 5) is 12.8. The average Bonchev–Trinajstić information content (AvgIpc) is 3.40. The second-order valence-corrected chi connectivity index (χ2v) is 6.67. The third-order valence-electron chi connectivity index (χ3n) is 4.69. The number of hydrogen-bond acceptors (Lipinski definition) is 9. The van der Waals surface area contributed by atoms with Crippen LogP contribution in [0.5, 0.6) is 5.75 Å². The largest absolute Gasteiger partial charge is 0.497 e. The second kappa shape index (κ2) is 8.55. The molecule has 3 aromatic rings. The van der Waals surface area contributed by atoms with Gasteiger partial charge in [0.1, 0.15) is 11.4 Å². The van der Waals surface area contributed by atoms with Gasteiger partial charge in [-0.05, 0) is 47.6 Å². The molecule has 2 heterocycles. The third-order valence-corrected chi connectivity index (χ3v) is 4.69. The van der Waals surface area contributed by atoms with E-state index in [2.05, 4.69) is 47.9 Å². The van der Waals surface area contributed by atoms with Gasteiger partial charge in [-0.3, -0.25) is 4.79 Å². The van der Waals surface area contributed by atoms with Gasteiger partial charge in [-0.1, -0.05) is 29.5 Å². The fraction of sp³-hybridized carbons (Fsp3) is 0.263. The first kappa shape index (κ1) is 19.3. The molecule has 30 heavy (non-hydrogen) atoms. The number of nitrogens with two attached hydrogens (primary N) is 1. The minimum absolute atomic E-state index is 0.0133. The summed E-state index contributed by atoms with van der Waals surface area (Å²) in [7, 11) is 1.55. The maximum atomic E-state index is 12.8. The molecular weight excluding hydrogens is 388 g/mol. The fourth-order valence-electron chi connectivity index (χ4n) is 3.16. The molecule has 1 aromatic carbocycles. The van der Waals surface area contributed by atoms with E-state index in [-0.39, 0.29) is 17.3 Å². The number of carbonyl (C=O) groups excluding carboxylic acids is 1. The molecule has 1 amide bonds. The number of hydrazone groups is 1. The van der Waals surface area contributed by atoms with Gasteiger partial charge in [-0.15, -0.1) is 5.10 Å². The van der Waals surface area contributed by atoms with Gasteiger partial charge >= 0.3 is 0 Å². The van der Waals surface area contributed by atoms with Crippen LogP contribution >= 0.6 is 0 Å². The van der Waals surface area contributed by atoms with E-state index in [0.717, 1.165) is 19.3 Å². The monoisotopic (exact) mass is 408 g/mol. The molecule has 1 aliphatic carbocycles. The Morgan fingerprint density at radius 2 is 2.30 bits per heavy atom. The molecule has 0 bridgehead atoms. The zero-order valence-electron chi connectivity index (χ0n) is 16.2. The van der Waals surface area contributed by atoms with Gasteiger partial charge in [-0.2, -0.15) is 9.78 Å². The van der Waals surface area contributed by atoms with E-state index in [1.54, 1.807) is 37.6 Å². The van der Waals surface area contributed by atoms with E-state index >= 15 is 0 Å². The first-order valence-corrected chi connectivity index (χ1v) is 9.34. The molecule has 2 aromatic heterocycles. The van der Waals surface area contributed by atoms with Crippen LogP contribution in [0.1, 0.15) is 29.8 Å². The van der Waals surface area contributed by atoms with Crippen molar-refractivity contribution in [3.05, 3.63) is 42.1 Å². The van der Waals surface area contributed by atoms with Gasteiger partial charge in [-0.25, -0.2) is 10.1 Å². The lowest BCUT2D eigenvalue weighted by molar-refractivity contribution is 0.0950. The summed E-state index contributed by atoms with van der Waals surface area (Å²) in [5.41, 5.74) is 9.36. The number of aromatic nitrogens is 5. The van der Waals surface area contributed by atoms with Crippen molar-refractivity contribution in [2.24, 2.45) is 11.0 Å². The molecule has 154 valence electrons. The molecule has 1 unspecified atom stereocenters. The Balaban J connectivity index is 1.68. The van der Waals surface area contributed by atoms with Gasteiger partial charge in [0.15, 0.2) is 5.69 Å². The van der Waals surface area contributed by atoms with Crippen molar-refractivity contribution < 1.29 is 14.2 Å². The molecule has 0 fully saturated rings. The summed E-state index contributed by atoms with van der Waals surface area (Å²) in [6, 6.07) is 7.10. The molecule has 3 N–H and O–H groups in total. The normalized spacial score (nSPS) is 16.1. The summed E-state index contributed by atoms with van der Waals surface area (Å²) in [5, 5.41) is 19.5. The van der Waals surface area contributed by atoms with Gasteiger partial charge in [0.25, 0.3) is 5.91 Å². The molecule has 11 heteroatoms. The highest BCUT2D eigenvalue weighted by Crippen LogP contribution is 2.29. The zero-order valence-corrected chi connectivity index (χ0v) is 16.2. The van der Waals surface area contributed by atoms with Crippen LogP contribution in [-0.2, 0) is 0 Å². The summed E-state index contributed by atoms with van der Waals surface area (Å²) < 4.78 is 11.3. The number of nitrogens with one attached hydrogen (secondary N) is 1. The third kappa shape index (κ3) is 3.90. The molecule has 4 rings (SSSR count). The quantitative estimate of drug-likeness (QED) is 0.357. The second-order valence-electron chi connectivity index (χ2n) is 6.67. The zero-order chi connectivity index (χ0) is 20.9. The van der Waals surface area contributed by atoms with Crippen LogP contribution in [0.15, 0.2) is 46.1 Å². The molecule has 0 saturated carbocycles. The number of anilines is 1. The van der Waals surface area contributed by atoms with Crippen molar-refractivity contribution in [3.63, 3.8) is 0 Å². The first-order chi connectivity index (χ1) is 14.7. The fourth-order valence-corrected chi connectivity index (χ4v) is 3.16. The number of carbonyl (C=O) groups is 1. The Labute approximate surface area is 171 Å². The maximum Gasteiger partial charge on any atom is 0.294 e. The van der Waals surface area contributed by atoms with Crippen LogP contribution in [0.3, 0.4) is 0 Å². The van der Waals surface area contributed by atoms with Crippen molar-refractivity contribution in [1.29, 1.82) is 0 Å². The topological polar surface area (TPSA) is 146 Å². The lowest BCUT2D eigenvalue weighted by atomic mass is 9.96. The minimum Gasteiger partial charge on any atom is -0.497 e. The number of methoxy groups -OCH3 is 1. The maximum absolute atomic E-state index is 12.8. The van der Waals surface area contributed by atoms with Gasteiger partial charge in [0, 0.05) is 11.8 Å². The standard InChI is InChI=1S/C19H20N8O3/c1-29-14-9-5-8-13(10-14)16-15(22-26-27(16)18-17(20)24-30-25-18)19(28)23-21-11-12-6-3-2-4-7-12/h2-3,5,8-12H,4,6-7H2,1H3,(H2,20,24)(H,23,28). The predicted molar refractivity (Wildman–Crippen MR) is 108 cm³/mol. The lowest BCUT2D eigenvalue weighted by Gasteiger charge is -2.11. The summed E-state index contributed by atoms with van der Waals surface area (Å²) in [6.45, 7) is 0. The van der Waals surface area contributed by atoms with E-state index in [1.165, 1.54) is 4.68 Å². The Bertz CT molecular complexity index is 1100. The highest BCUT2D eigenvalue weighted by atomic mass is 16.6. The van der Waals surface area contributed by atoms with Crippen LogP contribution < -0.4 is 15.9 Å². The lowest BCUT2D eigenvalue weighted by Crippen LogP contribution is -2.20. The molecule has 11 nitrogen and oxygen atoms in total. The number of rotatable bonds is 6. The SMILES string of the molecule is COc1cccc(-c2c(C(=O)NN=CC3CC=CCC3)nnn2-c2nonc2N)c1. The van der Waals surface area contributed by atoms with E-state index in [1.807, 2.05) is 0 Å². The van der Waals surface area contributed by atoms with E-state index < -0.39 is 5.91 Å². The number of ether oxygens (including phenoxy) is 1.